The molecule has 1 aromatic rings. The fourth-order valence-electron chi connectivity index (χ4n) is 1.25. The second kappa shape index (κ2) is 5.09. The number of carbonyl (C=O) groups is 1. The molecule has 88 valence electrons. The van der Waals surface area contributed by atoms with Gasteiger partial charge in [-0.2, -0.15) is 0 Å². The van der Waals surface area contributed by atoms with E-state index < -0.39 is 10.0 Å². The van der Waals surface area contributed by atoms with E-state index in [0.717, 1.165) is 6.26 Å². The third kappa shape index (κ3) is 4.00. The quantitative estimate of drug-likeness (QED) is 0.739. The van der Waals surface area contributed by atoms with Gasteiger partial charge in [0.05, 0.1) is 6.26 Å². The molecule has 3 N–H and O–H groups in total. The van der Waals surface area contributed by atoms with Crippen molar-refractivity contribution in [2.75, 3.05) is 17.5 Å². The van der Waals surface area contributed by atoms with Crippen molar-refractivity contribution in [3.05, 3.63) is 29.8 Å². The second-order valence-corrected chi connectivity index (χ2v) is 5.17. The molecule has 0 aliphatic carbocycles. The molecule has 0 unspecified atom stereocenters. The molecule has 0 fully saturated rings. The van der Waals surface area contributed by atoms with Gasteiger partial charge in [-0.05, 0) is 18.7 Å². The maximum atomic E-state index is 11.5. The Labute approximate surface area is 94.7 Å². The Hall–Kier alpha value is -1.40. The lowest BCUT2D eigenvalue weighted by atomic mass is 10.1. The summed E-state index contributed by atoms with van der Waals surface area (Å²) in [6, 6.07) is 6.34. The zero-order valence-corrected chi connectivity index (χ0v) is 9.75. The summed E-state index contributed by atoms with van der Waals surface area (Å²) in [7, 11) is -3.32. The fraction of sp³-hybridized carbons (Fsp3) is 0.300. The maximum Gasteiger partial charge on any atom is 0.229 e. The van der Waals surface area contributed by atoms with Crippen LogP contribution in [0.25, 0.3) is 0 Å². The van der Waals surface area contributed by atoms with Gasteiger partial charge in [0, 0.05) is 17.7 Å². The number of carbonyl (C=O) groups excluding carboxylic acids is 1. The lowest BCUT2D eigenvalue weighted by Crippen LogP contribution is -2.11. The average molecular weight is 242 g/mol. The Morgan fingerprint density at radius 1 is 1.44 bits per heavy atom. The summed E-state index contributed by atoms with van der Waals surface area (Å²) in [6.45, 7) is 0.280. The van der Waals surface area contributed by atoms with E-state index in [1.165, 1.54) is 6.07 Å². The first-order valence-corrected chi connectivity index (χ1v) is 6.62. The lowest BCUT2D eigenvalue weighted by Gasteiger charge is -2.05. The topological polar surface area (TPSA) is 89.3 Å². The van der Waals surface area contributed by atoms with Gasteiger partial charge in [0.2, 0.25) is 10.0 Å². The van der Waals surface area contributed by atoms with Crippen molar-refractivity contribution in [2.45, 2.75) is 6.42 Å². The second-order valence-electron chi connectivity index (χ2n) is 3.42. The number of nitrogens with one attached hydrogen (secondary N) is 1. The summed E-state index contributed by atoms with van der Waals surface area (Å²) in [5, 5.41) is 0. The molecule has 0 aliphatic heterocycles. The van der Waals surface area contributed by atoms with Gasteiger partial charge in [0.15, 0.2) is 5.78 Å². The minimum Gasteiger partial charge on any atom is -0.330 e. The van der Waals surface area contributed by atoms with Gasteiger partial charge < -0.3 is 5.73 Å². The molecule has 0 aromatic heterocycles. The van der Waals surface area contributed by atoms with Gasteiger partial charge in [-0.3, -0.25) is 9.52 Å². The lowest BCUT2D eigenvalue weighted by molar-refractivity contribution is 0.0985. The molecule has 0 spiro atoms. The summed E-state index contributed by atoms with van der Waals surface area (Å²) in [5.41, 5.74) is 6.11. The Balaban J connectivity index is 2.91. The highest BCUT2D eigenvalue weighted by atomic mass is 32.2. The molecular formula is C10H14N2O3S. The zero-order valence-electron chi connectivity index (χ0n) is 8.93. The van der Waals surface area contributed by atoms with Crippen LogP contribution < -0.4 is 10.5 Å². The minimum absolute atomic E-state index is 0.0975. The van der Waals surface area contributed by atoms with Crippen LogP contribution in [0.4, 0.5) is 5.69 Å². The van der Waals surface area contributed by atoms with Gasteiger partial charge in [0.25, 0.3) is 0 Å². The number of rotatable bonds is 5. The van der Waals surface area contributed by atoms with E-state index in [-0.39, 0.29) is 18.7 Å². The molecule has 16 heavy (non-hydrogen) atoms. The smallest absolute Gasteiger partial charge is 0.229 e. The SMILES string of the molecule is CS(=O)(=O)Nc1cccc(C(=O)CCN)c1. The molecule has 6 heteroatoms. The molecule has 1 rings (SSSR count). The van der Waals surface area contributed by atoms with Crippen molar-refractivity contribution < 1.29 is 13.2 Å². The fourth-order valence-corrected chi connectivity index (χ4v) is 1.80. The zero-order chi connectivity index (χ0) is 12.2. The van der Waals surface area contributed by atoms with Crippen LogP contribution in [0.2, 0.25) is 0 Å². The van der Waals surface area contributed by atoms with Gasteiger partial charge in [0.1, 0.15) is 0 Å². The van der Waals surface area contributed by atoms with E-state index in [4.69, 9.17) is 5.73 Å². The Kier molecular flexibility index (Phi) is 4.03. The van der Waals surface area contributed by atoms with E-state index in [9.17, 15) is 13.2 Å². The van der Waals surface area contributed by atoms with Crippen LogP contribution in [0.15, 0.2) is 24.3 Å². The number of hydrogen-bond acceptors (Lipinski definition) is 4. The van der Waals surface area contributed by atoms with E-state index >= 15 is 0 Å². The predicted molar refractivity (Wildman–Crippen MR) is 62.9 cm³/mol. The van der Waals surface area contributed by atoms with Crippen molar-refractivity contribution in [1.82, 2.24) is 0 Å². The number of benzene rings is 1. The summed E-state index contributed by atoms with van der Waals surface area (Å²) >= 11 is 0. The normalized spacial score (nSPS) is 11.1. The highest BCUT2D eigenvalue weighted by Gasteiger charge is 2.07. The predicted octanol–water partition coefficient (Wildman–Crippen LogP) is 0.590. The number of ketones is 1. The molecule has 0 amide bonds. The maximum absolute atomic E-state index is 11.5. The molecule has 1 aromatic carbocycles. The van der Waals surface area contributed by atoms with E-state index in [2.05, 4.69) is 4.72 Å². The summed E-state index contributed by atoms with van der Waals surface area (Å²) in [6.07, 6.45) is 1.31. The number of hydrogen-bond donors (Lipinski definition) is 2. The van der Waals surface area contributed by atoms with Crippen LogP contribution in [0, 0.1) is 0 Å². The standard InChI is InChI=1S/C10H14N2O3S/c1-16(14,15)12-9-4-2-3-8(7-9)10(13)5-6-11/h2-4,7,12H,5-6,11H2,1H3. The molecule has 0 atom stereocenters. The number of anilines is 1. The molecule has 0 heterocycles. The molecule has 0 saturated carbocycles. The van der Waals surface area contributed by atoms with Crippen molar-refractivity contribution in [2.24, 2.45) is 5.73 Å². The first kappa shape index (κ1) is 12.7. The summed E-state index contributed by atoms with van der Waals surface area (Å²) in [5.74, 6) is -0.0975. The van der Waals surface area contributed by atoms with Gasteiger partial charge >= 0.3 is 0 Å². The van der Waals surface area contributed by atoms with E-state index in [0.29, 0.717) is 11.3 Å². The number of sulfonamides is 1. The van der Waals surface area contributed by atoms with E-state index in [1.54, 1.807) is 18.2 Å². The molecular weight excluding hydrogens is 228 g/mol. The van der Waals surface area contributed by atoms with Crippen LogP contribution >= 0.6 is 0 Å². The summed E-state index contributed by atoms with van der Waals surface area (Å²) in [4.78, 5) is 11.5. The van der Waals surface area contributed by atoms with Crippen LogP contribution in [0.3, 0.4) is 0 Å². The molecule has 5 nitrogen and oxygen atoms in total. The monoisotopic (exact) mass is 242 g/mol. The van der Waals surface area contributed by atoms with Gasteiger partial charge in [-0.15, -0.1) is 0 Å². The highest BCUT2D eigenvalue weighted by molar-refractivity contribution is 7.92. The van der Waals surface area contributed by atoms with Gasteiger partial charge in [-0.1, -0.05) is 12.1 Å². The van der Waals surface area contributed by atoms with Crippen molar-refractivity contribution in [1.29, 1.82) is 0 Å². The van der Waals surface area contributed by atoms with Crippen LogP contribution in [-0.2, 0) is 10.0 Å². The van der Waals surface area contributed by atoms with Crippen molar-refractivity contribution >= 4 is 21.5 Å². The third-order valence-electron chi connectivity index (χ3n) is 1.86. The number of Topliss-reactive ketones (excluding diaryl/α,β-unsaturated/α-hetero) is 1. The first-order chi connectivity index (χ1) is 7.42. The van der Waals surface area contributed by atoms with Crippen LogP contribution in [0.5, 0.6) is 0 Å². The largest absolute Gasteiger partial charge is 0.330 e. The Morgan fingerprint density at radius 2 is 2.12 bits per heavy atom. The average Bonchev–Trinajstić information content (AvgIpc) is 2.16. The molecule has 0 bridgehead atoms. The Morgan fingerprint density at radius 3 is 2.69 bits per heavy atom. The van der Waals surface area contributed by atoms with Crippen molar-refractivity contribution in [3.63, 3.8) is 0 Å². The van der Waals surface area contributed by atoms with E-state index in [1.807, 2.05) is 0 Å². The number of nitrogens with two attached hydrogens (primary N) is 1. The molecule has 0 saturated heterocycles. The third-order valence-corrected chi connectivity index (χ3v) is 2.47. The molecule has 0 aliphatic rings. The highest BCUT2D eigenvalue weighted by Crippen LogP contribution is 2.13. The molecule has 0 radical (unpaired) electrons. The van der Waals surface area contributed by atoms with Crippen molar-refractivity contribution in [3.8, 4) is 0 Å². The first-order valence-electron chi connectivity index (χ1n) is 4.73. The summed E-state index contributed by atoms with van der Waals surface area (Å²) < 4.78 is 24.3. The van der Waals surface area contributed by atoms with Crippen LogP contribution in [-0.4, -0.2) is 27.0 Å². The Bertz CT molecular complexity index is 483. The minimum atomic E-state index is -3.32. The van der Waals surface area contributed by atoms with Gasteiger partial charge in [-0.25, -0.2) is 8.42 Å². The van der Waals surface area contributed by atoms with Crippen LogP contribution in [0.1, 0.15) is 16.8 Å².